The number of aryl methyl sites for hydroxylation is 1. The van der Waals surface area contributed by atoms with Crippen LogP contribution in [0.4, 0.5) is 0 Å². The predicted octanol–water partition coefficient (Wildman–Crippen LogP) is 5.24. The van der Waals surface area contributed by atoms with Crippen LogP contribution < -0.4 is 0 Å². The summed E-state index contributed by atoms with van der Waals surface area (Å²) in [5.41, 5.74) is 3.32. The van der Waals surface area contributed by atoms with Gasteiger partial charge in [0.2, 0.25) is 11.6 Å². The number of Topliss-reactive ketones (excluding diaryl/α,β-unsaturated/α-hetero) is 1. The summed E-state index contributed by atoms with van der Waals surface area (Å²) in [6.45, 7) is 2.86. The van der Waals surface area contributed by atoms with E-state index in [-0.39, 0.29) is 23.7 Å². The van der Waals surface area contributed by atoms with E-state index < -0.39 is 5.97 Å². The molecule has 0 saturated carbocycles. The Morgan fingerprint density at radius 2 is 1.69 bits per heavy atom. The van der Waals surface area contributed by atoms with Crippen molar-refractivity contribution in [3.8, 4) is 11.1 Å². The molecule has 2 aromatic carbocycles. The number of hydrogen-bond acceptors (Lipinski definition) is 5. The van der Waals surface area contributed by atoms with E-state index in [1.807, 2.05) is 59.3 Å². The minimum Gasteiger partial charge on any atom is -0.476 e. The van der Waals surface area contributed by atoms with E-state index in [0.717, 1.165) is 41.8 Å². The summed E-state index contributed by atoms with van der Waals surface area (Å²) in [6.07, 6.45) is 5.42. The molecular weight excluding hydrogens is 440 g/mol. The van der Waals surface area contributed by atoms with Crippen molar-refractivity contribution >= 4 is 11.8 Å². The second-order valence-corrected chi connectivity index (χ2v) is 8.45. The summed E-state index contributed by atoms with van der Waals surface area (Å²) in [6, 6.07) is 20.8. The van der Waals surface area contributed by atoms with Crippen molar-refractivity contribution in [2.45, 2.75) is 45.6 Å². The molecule has 1 N–H and O–H groups in total. The third-order valence-corrected chi connectivity index (χ3v) is 5.82. The Balaban J connectivity index is 1.55. The third-order valence-electron chi connectivity index (χ3n) is 5.82. The minimum atomic E-state index is -1.06. The molecule has 2 heterocycles. The average Bonchev–Trinajstić information content (AvgIpc) is 3.28. The zero-order valence-corrected chi connectivity index (χ0v) is 19.7. The first-order valence-electron chi connectivity index (χ1n) is 11.8. The average molecular weight is 469 g/mol. The Kier molecular flexibility index (Phi) is 7.77. The van der Waals surface area contributed by atoms with Gasteiger partial charge in [-0.25, -0.2) is 19.4 Å². The van der Waals surface area contributed by atoms with Gasteiger partial charge in [0.25, 0.3) is 0 Å². The van der Waals surface area contributed by atoms with Gasteiger partial charge in [-0.05, 0) is 29.2 Å². The first kappa shape index (κ1) is 24.0. The van der Waals surface area contributed by atoms with Crippen LogP contribution in [0.25, 0.3) is 11.1 Å². The van der Waals surface area contributed by atoms with Gasteiger partial charge in [0.1, 0.15) is 5.82 Å². The quantitative estimate of drug-likeness (QED) is 0.239. The number of carboxylic acid groups (broad SMARTS) is 1. The third kappa shape index (κ3) is 6.06. The van der Waals surface area contributed by atoms with E-state index in [1.54, 1.807) is 12.1 Å². The summed E-state index contributed by atoms with van der Waals surface area (Å²) >= 11 is 0. The van der Waals surface area contributed by atoms with Crippen molar-refractivity contribution in [1.29, 1.82) is 0 Å². The largest absolute Gasteiger partial charge is 0.476 e. The molecule has 0 spiro atoms. The van der Waals surface area contributed by atoms with Crippen LogP contribution in [0.15, 0.2) is 72.9 Å². The molecule has 0 fully saturated rings. The second kappa shape index (κ2) is 11.3. The van der Waals surface area contributed by atoms with Gasteiger partial charge in [0.05, 0.1) is 0 Å². The molecule has 2 aromatic heterocycles. The predicted molar refractivity (Wildman–Crippen MR) is 133 cm³/mol. The standard InChI is InChI=1S/C28H28N4O3/c1-2-3-7-17-32-25(30-27(31-32)24(33)18-20-9-5-4-6-10-20)19-21-12-14-22(15-13-21)23-11-8-16-29-26(23)28(34)35/h4-6,8-16H,2-3,7,17-19H2,1H3,(H,34,35). The fourth-order valence-electron chi connectivity index (χ4n) is 3.97. The van der Waals surface area contributed by atoms with E-state index in [4.69, 9.17) is 0 Å². The van der Waals surface area contributed by atoms with Crippen molar-refractivity contribution in [3.63, 3.8) is 0 Å². The van der Waals surface area contributed by atoms with Crippen LogP contribution in [0.3, 0.4) is 0 Å². The van der Waals surface area contributed by atoms with Gasteiger partial charge < -0.3 is 5.11 Å². The first-order valence-corrected chi connectivity index (χ1v) is 11.8. The number of carboxylic acids is 1. The number of aromatic carboxylic acids is 1. The molecule has 0 unspecified atom stereocenters. The lowest BCUT2D eigenvalue weighted by atomic mass is 10.0. The van der Waals surface area contributed by atoms with Crippen molar-refractivity contribution in [1.82, 2.24) is 19.7 Å². The summed E-state index contributed by atoms with van der Waals surface area (Å²) < 4.78 is 1.85. The molecule has 7 heteroatoms. The number of ketones is 1. The lowest BCUT2D eigenvalue weighted by Gasteiger charge is -2.08. The Hall–Kier alpha value is -4.13. The van der Waals surface area contributed by atoms with Gasteiger partial charge in [-0.2, -0.15) is 0 Å². The zero-order valence-electron chi connectivity index (χ0n) is 19.7. The molecule has 0 atom stereocenters. The Morgan fingerprint density at radius 3 is 2.40 bits per heavy atom. The molecule has 4 rings (SSSR count). The van der Waals surface area contributed by atoms with Crippen LogP contribution in [-0.2, 0) is 19.4 Å². The van der Waals surface area contributed by atoms with Crippen molar-refractivity contribution in [3.05, 3.63) is 101 Å². The molecule has 4 aromatic rings. The topological polar surface area (TPSA) is 98.0 Å². The number of aromatic nitrogens is 4. The van der Waals surface area contributed by atoms with Crippen LogP contribution >= 0.6 is 0 Å². The van der Waals surface area contributed by atoms with E-state index >= 15 is 0 Å². The lowest BCUT2D eigenvalue weighted by Crippen LogP contribution is -2.08. The summed E-state index contributed by atoms with van der Waals surface area (Å²) in [4.78, 5) is 33.0. The highest BCUT2D eigenvalue weighted by molar-refractivity contribution is 5.94. The number of unbranched alkanes of at least 4 members (excludes halogenated alkanes) is 2. The van der Waals surface area contributed by atoms with E-state index in [9.17, 15) is 14.7 Å². The lowest BCUT2D eigenvalue weighted by molar-refractivity contribution is 0.0691. The molecule has 0 aliphatic heterocycles. The fraction of sp³-hybridized carbons (Fsp3) is 0.250. The maximum absolute atomic E-state index is 12.9. The molecular formula is C28H28N4O3. The highest BCUT2D eigenvalue weighted by Gasteiger charge is 2.18. The van der Waals surface area contributed by atoms with Crippen LogP contribution in [0.1, 0.15) is 64.2 Å². The maximum atomic E-state index is 12.9. The second-order valence-electron chi connectivity index (χ2n) is 8.45. The highest BCUT2D eigenvalue weighted by Crippen LogP contribution is 2.23. The fourth-order valence-corrected chi connectivity index (χ4v) is 3.97. The Bertz CT molecular complexity index is 1300. The normalized spacial score (nSPS) is 10.9. The van der Waals surface area contributed by atoms with Crippen LogP contribution in [0.5, 0.6) is 0 Å². The number of benzene rings is 2. The number of carbonyl (C=O) groups excluding carboxylic acids is 1. The molecule has 35 heavy (non-hydrogen) atoms. The van der Waals surface area contributed by atoms with Crippen molar-refractivity contribution in [2.24, 2.45) is 0 Å². The van der Waals surface area contributed by atoms with Crippen molar-refractivity contribution in [2.75, 3.05) is 0 Å². The van der Waals surface area contributed by atoms with Gasteiger partial charge >= 0.3 is 5.97 Å². The smallest absolute Gasteiger partial charge is 0.355 e. The monoisotopic (exact) mass is 468 g/mol. The molecule has 178 valence electrons. The summed E-state index contributed by atoms with van der Waals surface area (Å²) in [7, 11) is 0. The molecule has 0 radical (unpaired) electrons. The molecule has 7 nitrogen and oxygen atoms in total. The number of rotatable bonds is 11. The van der Waals surface area contributed by atoms with Crippen LogP contribution in [0, 0.1) is 0 Å². The van der Waals surface area contributed by atoms with Gasteiger partial charge in [0, 0.05) is 31.1 Å². The van der Waals surface area contributed by atoms with Gasteiger partial charge in [-0.3, -0.25) is 4.79 Å². The molecule has 0 aliphatic rings. The maximum Gasteiger partial charge on any atom is 0.355 e. The van der Waals surface area contributed by atoms with Crippen LogP contribution in [0.2, 0.25) is 0 Å². The number of carbonyl (C=O) groups is 2. The molecule has 0 aliphatic carbocycles. The molecule has 0 bridgehead atoms. The van der Waals surface area contributed by atoms with E-state index in [1.165, 1.54) is 6.20 Å². The zero-order chi connectivity index (χ0) is 24.6. The first-order chi connectivity index (χ1) is 17.0. The number of hydrogen-bond donors (Lipinski definition) is 1. The SMILES string of the molecule is CCCCCn1nc(C(=O)Cc2ccccc2)nc1Cc1ccc(-c2cccnc2C(=O)O)cc1. The molecule has 0 amide bonds. The van der Waals surface area contributed by atoms with Gasteiger partial charge in [-0.1, -0.05) is 80.4 Å². The summed E-state index contributed by atoms with van der Waals surface area (Å²) in [5.74, 6) is -0.159. The van der Waals surface area contributed by atoms with Gasteiger partial charge in [0.15, 0.2) is 5.69 Å². The van der Waals surface area contributed by atoms with Crippen molar-refractivity contribution < 1.29 is 14.7 Å². The van der Waals surface area contributed by atoms with E-state index in [2.05, 4.69) is 22.0 Å². The molecule has 0 saturated heterocycles. The number of nitrogens with zero attached hydrogens (tertiary/aromatic N) is 4. The Morgan fingerprint density at radius 1 is 0.914 bits per heavy atom. The highest BCUT2D eigenvalue weighted by atomic mass is 16.4. The summed E-state index contributed by atoms with van der Waals surface area (Å²) in [5, 5.41) is 14.0. The minimum absolute atomic E-state index is 0.0255. The Labute approximate surface area is 204 Å². The van der Waals surface area contributed by atoms with Crippen LogP contribution in [-0.4, -0.2) is 36.6 Å². The van der Waals surface area contributed by atoms with Gasteiger partial charge in [-0.15, -0.1) is 5.10 Å². The van der Waals surface area contributed by atoms with E-state index in [0.29, 0.717) is 18.5 Å². The number of pyridine rings is 1.